The van der Waals surface area contributed by atoms with Crippen LogP contribution in [0.2, 0.25) is 0 Å². The summed E-state index contributed by atoms with van der Waals surface area (Å²) in [6, 6.07) is 28.7. The molecule has 0 unspecified atom stereocenters. The third-order valence-electron chi connectivity index (χ3n) is 6.30. The average Bonchev–Trinajstić information content (AvgIpc) is 2.91. The molecule has 3 aromatic rings. The van der Waals surface area contributed by atoms with Crippen molar-refractivity contribution in [1.82, 2.24) is 15.1 Å². The lowest BCUT2D eigenvalue weighted by Crippen LogP contribution is -2.53. The fourth-order valence-electron chi connectivity index (χ4n) is 4.35. The van der Waals surface area contributed by atoms with Crippen LogP contribution in [0.25, 0.3) is 0 Å². The highest BCUT2D eigenvalue weighted by molar-refractivity contribution is 7.80. The second-order valence-electron chi connectivity index (χ2n) is 8.73. The van der Waals surface area contributed by atoms with Crippen LogP contribution in [0.3, 0.4) is 0 Å². The van der Waals surface area contributed by atoms with Gasteiger partial charge in [-0.25, -0.2) is 0 Å². The molecule has 3 aromatic carbocycles. The quantitative estimate of drug-likeness (QED) is 0.346. The van der Waals surface area contributed by atoms with Gasteiger partial charge in [-0.1, -0.05) is 74.0 Å². The third-order valence-corrected chi connectivity index (χ3v) is 6.66. The molecule has 0 aliphatic carbocycles. The van der Waals surface area contributed by atoms with Crippen molar-refractivity contribution in [3.05, 3.63) is 102 Å². The Morgan fingerprint density at radius 3 is 2.00 bits per heavy atom. The summed E-state index contributed by atoms with van der Waals surface area (Å²) in [5.41, 5.74) is 3.14. The number of hydrogen-bond donors (Lipinski definition) is 1. The van der Waals surface area contributed by atoms with Crippen LogP contribution in [-0.2, 0) is 0 Å². The maximum Gasteiger partial charge on any atom is 0.257 e. The van der Waals surface area contributed by atoms with E-state index in [2.05, 4.69) is 82.7 Å². The Hall–Kier alpha value is -3.22. The van der Waals surface area contributed by atoms with E-state index < -0.39 is 0 Å². The second-order valence-corrected chi connectivity index (χ2v) is 9.12. The lowest BCUT2D eigenvalue weighted by molar-refractivity contribution is 0.0967. The molecule has 1 aliphatic heterocycles. The lowest BCUT2D eigenvalue weighted by Gasteiger charge is -2.40. The number of thiocarbonyl (C=S) groups is 1. The van der Waals surface area contributed by atoms with Gasteiger partial charge in [0.1, 0.15) is 5.75 Å². The van der Waals surface area contributed by atoms with Gasteiger partial charge < -0.3 is 9.64 Å². The molecule has 35 heavy (non-hydrogen) atoms. The average molecular weight is 488 g/mol. The molecule has 1 amide bonds. The number of carbonyl (C=O) groups is 1. The van der Waals surface area contributed by atoms with E-state index in [4.69, 9.17) is 17.0 Å². The number of hydrogen-bond acceptors (Lipinski definition) is 4. The molecule has 5 nitrogen and oxygen atoms in total. The van der Waals surface area contributed by atoms with Gasteiger partial charge in [-0.3, -0.25) is 15.0 Å². The van der Waals surface area contributed by atoms with Gasteiger partial charge in [0.2, 0.25) is 0 Å². The normalized spacial score (nSPS) is 14.1. The molecule has 0 spiro atoms. The van der Waals surface area contributed by atoms with Gasteiger partial charge >= 0.3 is 0 Å². The molecule has 0 atom stereocenters. The topological polar surface area (TPSA) is 44.8 Å². The minimum atomic E-state index is -0.191. The van der Waals surface area contributed by atoms with Gasteiger partial charge in [-0.15, -0.1) is 0 Å². The van der Waals surface area contributed by atoms with Crippen molar-refractivity contribution in [2.45, 2.75) is 25.8 Å². The number of unbranched alkanes of at least 4 members (excludes halogenated alkanes) is 1. The zero-order chi connectivity index (χ0) is 24.5. The van der Waals surface area contributed by atoms with Crippen molar-refractivity contribution in [2.24, 2.45) is 0 Å². The largest absolute Gasteiger partial charge is 0.494 e. The van der Waals surface area contributed by atoms with Crippen LogP contribution >= 0.6 is 12.2 Å². The predicted octanol–water partition coefficient (Wildman–Crippen LogP) is 5.29. The molecule has 6 heteroatoms. The Labute approximate surface area is 213 Å². The molecule has 0 saturated carbocycles. The number of ether oxygens (including phenoxy) is 1. The zero-order valence-corrected chi connectivity index (χ0v) is 21.0. The van der Waals surface area contributed by atoms with Crippen molar-refractivity contribution in [1.29, 1.82) is 0 Å². The van der Waals surface area contributed by atoms with Crippen LogP contribution in [-0.4, -0.2) is 53.6 Å². The Morgan fingerprint density at radius 1 is 0.886 bits per heavy atom. The van der Waals surface area contributed by atoms with Crippen molar-refractivity contribution in [3.63, 3.8) is 0 Å². The van der Waals surface area contributed by atoms with Gasteiger partial charge in [-0.05, 0) is 54.0 Å². The van der Waals surface area contributed by atoms with Crippen LogP contribution in [0.15, 0.2) is 84.9 Å². The standard InChI is InChI=1S/C29H33N3O2S/c1-2-3-22-34-26-16-14-25(15-17-26)28(33)30-29(35)32-20-18-31(19-21-32)27(23-10-6-4-7-11-23)24-12-8-5-9-13-24/h4-17,27H,2-3,18-22H2,1H3,(H,30,33,35). The number of nitrogens with zero attached hydrogens (tertiary/aromatic N) is 2. The van der Waals surface area contributed by atoms with E-state index in [1.54, 1.807) is 12.1 Å². The molecule has 1 heterocycles. The number of carbonyl (C=O) groups excluding carboxylic acids is 1. The van der Waals surface area contributed by atoms with Gasteiger partial charge in [0, 0.05) is 31.7 Å². The van der Waals surface area contributed by atoms with Crippen LogP contribution < -0.4 is 10.1 Å². The first kappa shape index (κ1) is 24.9. The van der Waals surface area contributed by atoms with Crippen LogP contribution in [0.5, 0.6) is 5.75 Å². The van der Waals surface area contributed by atoms with E-state index in [0.717, 1.165) is 44.8 Å². The van der Waals surface area contributed by atoms with Crippen LogP contribution in [0.1, 0.15) is 47.3 Å². The summed E-state index contributed by atoms with van der Waals surface area (Å²) in [5, 5.41) is 3.38. The molecule has 0 aromatic heterocycles. The van der Waals surface area contributed by atoms with E-state index in [0.29, 0.717) is 17.3 Å². The number of benzene rings is 3. The Bertz CT molecular complexity index is 1040. The molecule has 1 N–H and O–H groups in total. The van der Waals surface area contributed by atoms with Crippen molar-refractivity contribution in [2.75, 3.05) is 32.8 Å². The summed E-state index contributed by atoms with van der Waals surface area (Å²) in [6.45, 7) is 6.06. The molecular formula is C29H33N3O2S. The van der Waals surface area contributed by atoms with Crippen LogP contribution in [0.4, 0.5) is 0 Å². The zero-order valence-electron chi connectivity index (χ0n) is 20.2. The molecule has 1 fully saturated rings. The van der Waals surface area contributed by atoms with Gasteiger partial charge in [-0.2, -0.15) is 0 Å². The van der Waals surface area contributed by atoms with Crippen molar-refractivity contribution in [3.8, 4) is 5.75 Å². The summed E-state index contributed by atoms with van der Waals surface area (Å²) < 4.78 is 5.68. The molecule has 182 valence electrons. The smallest absolute Gasteiger partial charge is 0.257 e. The highest BCUT2D eigenvalue weighted by Gasteiger charge is 2.27. The molecule has 1 saturated heterocycles. The minimum absolute atomic E-state index is 0.191. The maximum absolute atomic E-state index is 12.7. The molecule has 0 radical (unpaired) electrons. The highest BCUT2D eigenvalue weighted by Crippen LogP contribution is 2.29. The van der Waals surface area contributed by atoms with E-state index in [-0.39, 0.29) is 11.9 Å². The van der Waals surface area contributed by atoms with E-state index in [1.165, 1.54) is 11.1 Å². The number of piperazine rings is 1. The summed E-state index contributed by atoms with van der Waals surface area (Å²) in [5.74, 6) is 0.587. The van der Waals surface area contributed by atoms with Crippen molar-refractivity contribution >= 4 is 23.2 Å². The lowest BCUT2D eigenvalue weighted by atomic mass is 9.96. The minimum Gasteiger partial charge on any atom is -0.494 e. The first-order valence-corrected chi connectivity index (χ1v) is 12.7. The first-order valence-electron chi connectivity index (χ1n) is 12.3. The van der Waals surface area contributed by atoms with Gasteiger partial charge in [0.25, 0.3) is 5.91 Å². The third kappa shape index (κ3) is 6.68. The second kappa shape index (κ2) is 12.5. The first-order chi connectivity index (χ1) is 17.2. The fraction of sp³-hybridized carbons (Fsp3) is 0.310. The van der Waals surface area contributed by atoms with E-state index in [9.17, 15) is 4.79 Å². The number of amides is 1. The molecule has 1 aliphatic rings. The monoisotopic (exact) mass is 487 g/mol. The van der Waals surface area contributed by atoms with E-state index in [1.807, 2.05) is 12.1 Å². The highest BCUT2D eigenvalue weighted by atomic mass is 32.1. The molecular weight excluding hydrogens is 454 g/mol. The van der Waals surface area contributed by atoms with E-state index >= 15 is 0 Å². The SMILES string of the molecule is CCCCOc1ccc(C(=O)NC(=S)N2CCN(C(c3ccccc3)c3ccccc3)CC2)cc1. The van der Waals surface area contributed by atoms with Gasteiger partial charge in [0.15, 0.2) is 5.11 Å². The number of nitrogens with one attached hydrogen (secondary N) is 1. The van der Waals surface area contributed by atoms with Gasteiger partial charge in [0.05, 0.1) is 12.6 Å². The summed E-state index contributed by atoms with van der Waals surface area (Å²) in [4.78, 5) is 17.3. The Morgan fingerprint density at radius 2 is 1.46 bits per heavy atom. The van der Waals surface area contributed by atoms with Crippen molar-refractivity contribution < 1.29 is 9.53 Å². The number of rotatable bonds is 8. The Kier molecular flexibility index (Phi) is 8.87. The summed E-state index contributed by atoms with van der Waals surface area (Å²) >= 11 is 5.59. The molecule has 0 bridgehead atoms. The maximum atomic E-state index is 12.7. The Balaban J connectivity index is 1.34. The fourth-order valence-corrected chi connectivity index (χ4v) is 4.63. The summed E-state index contributed by atoms with van der Waals surface area (Å²) in [7, 11) is 0. The predicted molar refractivity (Wildman–Crippen MR) is 145 cm³/mol. The summed E-state index contributed by atoms with van der Waals surface area (Å²) in [6.07, 6.45) is 2.10. The van der Waals surface area contributed by atoms with Crippen LogP contribution in [0, 0.1) is 0 Å². The molecule has 4 rings (SSSR count).